The van der Waals surface area contributed by atoms with Gasteiger partial charge in [-0.1, -0.05) is 84.9 Å². The highest BCUT2D eigenvalue weighted by Crippen LogP contribution is 2.39. The molecule has 0 radical (unpaired) electrons. The van der Waals surface area contributed by atoms with E-state index in [0.717, 1.165) is 34.0 Å². The summed E-state index contributed by atoms with van der Waals surface area (Å²) in [7, 11) is 0. The summed E-state index contributed by atoms with van der Waals surface area (Å²) in [5.74, 6) is -1.99. The molecule has 6 nitrogen and oxygen atoms in total. The summed E-state index contributed by atoms with van der Waals surface area (Å²) in [6.45, 7) is 0.933. The van der Waals surface area contributed by atoms with Gasteiger partial charge in [0.2, 0.25) is 0 Å². The van der Waals surface area contributed by atoms with E-state index in [2.05, 4.69) is 0 Å². The summed E-state index contributed by atoms with van der Waals surface area (Å²) in [4.78, 5) is 37.3. The Morgan fingerprint density at radius 3 is 1.61 bits per heavy atom. The summed E-state index contributed by atoms with van der Waals surface area (Å²) >= 11 is 0.956. The third-order valence-electron chi connectivity index (χ3n) is 6.61. The van der Waals surface area contributed by atoms with Crippen molar-refractivity contribution < 1.29 is 33.0 Å². The van der Waals surface area contributed by atoms with E-state index < -0.39 is 40.9 Å². The first-order chi connectivity index (χ1) is 19.9. The molecule has 0 spiro atoms. The van der Waals surface area contributed by atoms with Gasteiger partial charge in [-0.3, -0.25) is 4.79 Å². The molecule has 1 heterocycles. The molecule has 4 aromatic rings. The molecule has 0 bridgehead atoms. The Morgan fingerprint density at radius 1 is 0.659 bits per heavy atom. The van der Waals surface area contributed by atoms with Gasteiger partial charge in [0.25, 0.3) is 0 Å². The van der Waals surface area contributed by atoms with Crippen molar-refractivity contribution in [3.63, 3.8) is 0 Å². The fourth-order valence-corrected chi connectivity index (χ4v) is 5.86. The first-order valence-corrected chi connectivity index (χ1v) is 14.0. The van der Waals surface area contributed by atoms with Crippen molar-refractivity contribution in [3.8, 4) is 22.3 Å². The topological polar surface area (TPSA) is 78.9 Å². The van der Waals surface area contributed by atoms with Gasteiger partial charge in [0.1, 0.15) is 6.61 Å². The molecule has 0 aromatic heterocycles. The van der Waals surface area contributed by atoms with Gasteiger partial charge in [-0.05, 0) is 46.5 Å². The summed E-state index contributed by atoms with van der Waals surface area (Å²) < 4.78 is 31.5. The molecule has 0 amide bonds. The summed E-state index contributed by atoms with van der Waals surface area (Å²) in [5.41, 5.74) is 3.24. The average molecular weight is 571 g/mol. The van der Waals surface area contributed by atoms with Crippen LogP contribution < -0.4 is 0 Å². The molecule has 4 aromatic carbocycles. The molecule has 0 N–H and O–H groups in total. The SMILES string of the molecule is CC(=O)OC1SC(COC(=O)c2ccc(-c3ccccc3)cc2)[C@@H](OC(=O)c2ccc(-c3ccccc3)cc2)C1F. The van der Waals surface area contributed by atoms with E-state index in [9.17, 15) is 14.4 Å². The van der Waals surface area contributed by atoms with Crippen molar-refractivity contribution in [2.75, 3.05) is 6.61 Å². The maximum Gasteiger partial charge on any atom is 0.338 e. The largest absolute Gasteiger partial charge is 0.461 e. The molecule has 4 atom stereocenters. The molecule has 41 heavy (non-hydrogen) atoms. The minimum atomic E-state index is -1.80. The number of esters is 3. The molecule has 1 aliphatic rings. The molecular weight excluding hydrogens is 543 g/mol. The lowest BCUT2D eigenvalue weighted by Crippen LogP contribution is -2.37. The Kier molecular flexibility index (Phi) is 8.79. The minimum Gasteiger partial charge on any atom is -0.461 e. The molecule has 1 aliphatic heterocycles. The Balaban J connectivity index is 1.25. The average Bonchev–Trinajstić information content (AvgIpc) is 3.29. The van der Waals surface area contributed by atoms with Gasteiger partial charge in [-0.15, -0.1) is 11.8 Å². The lowest BCUT2D eigenvalue weighted by molar-refractivity contribution is -0.145. The van der Waals surface area contributed by atoms with E-state index in [1.807, 2.05) is 72.8 Å². The number of hydrogen-bond acceptors (Lipinski definition) is 7. The Morgan fingerprint density at radius 2 is 1.12 bits per heavy atom. The number of carbonyl (C=O) groups is 3. The van der Waals surface area contributed by atoms with Crippen LogP contribution in [0.4, 0.5) is 4.39 Å². The maximum atomic E-state index is 15.4. The van der Waals surface area contributed by atoms with E-state index >= 15 is 4.39 Å². The highest BCUT2D eigenvalue weighted by molar-refractivity contribution is 8.00. The van der Waals surface area contributed by atoms with Gasteiger partial charge in [0.05, 0.1) is 16.4 Å². The van der Waals surface area contributed by atoms with Crippen molar-refractivity contribution >= 4 is 29.7 Å². The van der Waals surface area contributed by atoms with Gasteiger partial charge in [0, 0.05) is 6.92 Å². The van der Waals surface area contributed by atoms with Crippen LogP contribution in [0.5, 0.6) is 0 Å². The summed E-state index contributed by atoms with van der Waals surface area (Å²) in [5, 5.41) is -0.783. The van der Waals surface area contributed by atoms with Crippen LogP contribution in [-0.4, -0.2) is 47.5 Å². The van der Waals surface area contributed by atoms with Gasteiger partial charge in [0.15, 0.2) is 17.7 Å². The number of alkyl halides is 1. The van der Waals surface area contributed by atoms with Crippen molar-refractivity contribution in [1.82, 2.24) is 0 Å². The number of halogens is 1. The zero-order chi connectivity index (χ0) is 28.8. The lowest BCUT2D eigenvalue weighted by Gasteiger charge is -2.20. The maximum absolute atomic E-state index is 15.4. The van der Waals surface area contributed by atoms with E-state index in [0.29, 0.717) is 5.56 Å². The van der Waals surface area contributed by atoms with E-state index in [1.54, 1.807) is 36.4 Å². The molecule has 1 saturated heterocycles. The van der Waals surface area contributed by atoms with Gasteiger partial charge in [-0.25, -0.2) is 14.0 Å². The second-order valence-corrected chi connectivity index (χ2v) is 10.8. The van der Waals surface area contributed by atoms with Crippen LogP contribution in [0.25, 0.3) is 22.3 Å². The monoisotopic (exact) mass is 570 g/mol. The fraction of sp³-hybridized carbons (Fsp3) is 0.182. The number of benzene rings is 4. The Labute approximate surface area is 241 Å². The molecule has 0 aliphatic carbocycles. The van der Waals surface area contributed by atoms with Crippen molar-refractivity contribution in [3.05, 3.63) is 120 Å². The quantitative estimate of drug-likeness (QED) is 0.171. The first kappa shape index (κ1) is 28.1. The number of ether oxygens (including phenoxy) is 3. The molecule has 3 unspecified atom stereocenters. The Bertz CT molecular complexity index is 1490. The number of hydrogen-bond donors (Lipinski definition) is 0. The van der Waals surface area contributed by atoms with E-state index in [-0.39, 0.29) is 12.2 Å². The van der Waals surface area contributed by atoms with E-state index in [1.165, 1.54) is 6.92 Å². The standard InChI is InChI=1S/C33H27FO6S/c1-21(35)39-33-29(34)30(40-32(37)27-18-14-25(15-19-27)23-10-6-3-7-11-23)28(41-33)20-38-31(36)26-16-12-24(13-17-26)22-8-4-2-5-9-22/h2-19,28-30,33H,20H2,1H3/t28?,29?,30-,33?/m1/s1. The molecule has 0 saturated carbocycles. The van der Waals surface area contributed by atoms with Gasteiger partial charge in [-0.2, -0.15) is 0 Å². The highest BCUT2D eigenvalue weighted by Gasteiger charge is 2.49. The molecule has 8 heteroatoms. The Hall–Kier alpha value is -4.43. The van der Waals surface area contributed by atoms with Gasteiger partial charge < -0.3 is 14.2 Å². The van der Waals surface area contributed by atoms with Crippen LogP contribution >= 0.6 is 11.8 Å². The smallest absolute Gasteiger partial charge is 0.338 e. The second-order valence-electron chi connectivity index (χ2n) is 9.45. The van der Waals surface area contributed by atoms with Crippen LogP contribution in [0, 0.1) is 0 Å². The molecular formula is C33H27FO6S. The highest BCUT2D eigenvalue weighted by atomic mass is 32.2. The van der Waals surface area contributed by atoms with Crippen LogP contribution in [-0.2, 0) is 19.0 Å². The first-order valence-electron chi connectivity index (χ1n) is 13.0. The number of carbonyl (C=O) groups excluding carboxylic acids is 3. The number of rotatable bonds is 8. The summed E-state index contributed by atoms with van der Waals surface area (Å²) in [6.07, 6.45) is -3.09. The summed E-state index contributed by atoms with van der Waals surface area (Å²) in [6, 6.07) is 33.1. The van der Waals surface area contributed by atoms with E-state index in [4.69, 9.17) is 14.2 Å². The lowest BCUT2D eigenvalue weighted by atomic mass is 10.0. The predicted octanol–water partition coefficient (Wildman–Crippen LogP) is 6.75. The zero-order valence-electron chi connectivity index (χ0n) is 22.1. The molecule has 208 valence electrons. The van der Waals surface area contributed by atoms with Crippen molar-refractivity contribution in [2.45, 2.75) is 29.9 Å². The fourth-order valence-electron chi connectivity index (χ4n) is 4.51. The molecule has 1 fully saturated rings. The van der Waals surface area contributed by atoms with Crippen molar-refractivity contribution in [2.24, 2.45) is 0 Å². The van der Waals surface area contributed by atoms with Gasteiger partial charge >= 0.3 is 17.9 Å². The van der Waals surface area contributed by atoms with Crippen molar-refractivity contribution in [1.29, 1.82) is 0 Å². The minimum absolute atomic E-state index is 0.243. The third kappa shape index (κ3) is 6.84. The van der Waals surface area contributed by atoms with Crippen LogP contribution in [0.15, 0.2) is 109 Å². The van der Waals surface area contributed by atoms with Crippen LogP contribution in [0.3, 0.4) is 0 Å². The second kappa shape index (κ2) is 12.8. The zero-order valence-corrected chi connectivity index (χ0v) is 23.0. The number of thioether (sulfide) groups is 1. The predicted molar refractivity (Wildman–Crippen MR) is 155 cm³/mol. The van der Waals surface area contributed by atoms with Crippen LogP contribution in [0.1, 0.15) is 27.6 Å². The third-order valence-corrected chi connectivity index (χ3v) is 7.99. The normalized spacial score (nSPS) is 19.8. The molecule has 5 rings (SSSR count). The van der Waals surface area contributed by atoms with Crippen LogP contribution in [0.2, 0.25) is 0 Å².